The average molecular weight is 702 g/mol. The molecular weight excluding hydrogens is 669 g/mol. The van der Waals surface area contributed by atoms with E-state index in [1.54, 1.807) is 24.3 Å². The van der Waals surface area contributed by atoms with E-state index in [2.05, 4.69) is 15.3 Å². The second-order valence-corrected chi connectivity index (χ2v) is 12.5. The van der Waals surface area contributed by atoms with Gasteiger partial charge in [-0.15, -0.1) is 0 Å². The normalized spacial score (nSPS) is 13.5. The molecule has 3 amide bonds. The number of likely N-dealkylation sites (tertiary alicyclic amines) is 1. The fourth-order valence-electron chi connectivity index (χ4n) is 5.98. The van der Waals surface area contributed by atoms with E-state index in [1.165, 1.54) is 18.5 Å². The Morgan fingerprint density at radius 3 is 2.38 bits per heavy atom. The van der Waals surface area contributed by atoms with Crippen molar-refractivity contribution in [2.24, 2.45) is 11.7 Å². The maximum atomic E-state index is 13.7. The zero-order valence-corrected chi connectivity index (χ0v) is 27.9. The highest BCUT2D eigenvalue weighted by Gasteiger charge is 2.29. The van der Waals surface area contributed by atoms with E-state index in [1.807, 2.05) is 23.4 Å². The molecule has 258 valence electrons. The van der Waals surface area contributed by atoms with Gasteiger partial charge < -0.3 is 26.4 Å². The molecule has 1 aliphatic heterocycles. The van der Waals surface area contributed by atoms with Gasteiger partial charge in [0.2, 0.25) is 5.91 Å². The Morgan fingerprint density at radius 2 is 1.74 bits per heavy atom. The molecule has 0 unspecified atom stereocenters. The monoisotopic (exact) mass is 701 g/mol. The van der Waals surface area contributed by atoms with Gasteiger partial charge in [0.1, 0.15) is 35.8 Å². The molecule has 0 saturated carbocycles. The number of rotatable bonds is 8. The number of nitrogen functional groups attached to an aromatic ring is 1. The molecule has 1 fully saturated rings. The summed E-state index contributed by atoms with van der Waals surface area (Å²) in [4.78, 5) is 61.4. The highest BCUT2D eigenvalue weighted by molar-refractivity contribution is 6.31. The number of fused-ring (bicyclic) bond motifs is 1. The Morgan fingerprint density at radius 1 is 1.06 bits per heavy atom. The smallest absolute Gasteiger partial charge is 0.404 e. The summed E-state index contributed by atoms with van der Waals surface area (Å²) in [6.07, 6.45) is 1.70. The van der Waals surface area contributed by atoms with Gasteiger partial charge in [-0.1, -0.05) is 37.6 Å². The van der Waals surface area contributed by atoms with E-state index >= 15 is 0 Å². The van der Waals surface area contributed by atoms with E-state index in [0.29, 0.717) is 53.9 Å². The highest BCUT2D eigenvalue weighted by atomic mass is 35.5. The average Bonchev–Trinajstić information content (AvgIpc) is 3.49. The molecule has 14 nitrogen and oxygen atoms in total. The van der Waals surface area contributed by atoms with Crippen molar-refractivity contribution in [3.05, 3.63) is 93.4 Å². The Balaban J connectivity index is 1.27. The van der Waals surface area contributed by atoms with Gasteiger partial charge in [0, 0.05) is 35.9 Å². The van der Waals surface area contributed by atoms with Crippen LogP contribution >= 0.6 is 11.6 Å². The first kappa shape index (κ1) is 34.0. The van der Waals surface area contributed by atoms with E-state index < -0.39 is 30.0 Å². The van der Waals surface area contributed by atoms with Crippen molar-refractivity contribution in [1.29, 1.82) is 0 Å². The van der Waals surface area contributed by atoms with Crippen LogP contribution in [0.15, 0.2) is 65.7 Å². The lowest BCUT2D eigenvalue weighted by Crippen LogP contribution is -2.41. The molecule has 16 heteroatoms. The molecule has 5 aromatic rings. The molecule has 0 atom stereocenters. The number of aromatic nitrogens is 5. The van der Waals surface area contributed by atoms with Gasteiger partial charge in [-0.3, -0.25) is 19.0 Å². The standard InChI is InChI=1S/C34H33ClFN9O5/c1-18(2)32(47)43-13-11-23(12-14-43)45-30-27(29(37)39-17-40-30)28(42-45)19-3-7-21(8-4-19)41-31(46)24-15-25(35)26(16-50-34(38)49)44(33(24)48)22-9-5-20(36)6-10-22/h3-10,15,17-18,23H,11-14,16H2,1-2H3,(H2,38,49)(H,41,46)(H2,37,39,40). The number of hydrogen-bond donors (Lipinski definition) is 3. The number of carbonyl (C=O) groups is 3. The van der Waals surface area contributed by atoms with Crippen LogP contribution in [0.4, 0.5) is 20.7 Å². The van der Waals surface area contributed by atoms with Crippen LogP contribution in [0, 0.1) is 11.7 Å². The summed E-state index contributed by atoms with van der Waals surface area (Å²) in [5, 5.41) is 8.14. The van der Waals surface area contributed by atoms with E-state index in [9.17, 15) is 23.6 Å². The maximum absolute atomic E-state index is 13.7. The maximum Gasteiger partial charge on any atom is 0.404 e. The molecule has 0 spiro atoms. The molecule has 6 rings (SSSR count). The van der Waals surface area contributed by atoms with Crippen LogP contribution in [0.25, 0.3) is 28.0 Å². The molecule has 0 bridgehead atoms. The third kappa shape index (κ3) is 6.72. The SMILES string of the molecule is CC(C)C(=O)N1CCC(n2nc(-c3ccc(NC(=O)c4cc(Cl)c(COC(N)=O)n(-c5ccc(F)cc5)c4=O)cc3)c3c(N)ncnc32)CC1. The minimum Gasteiger partial charge on any atom is -0.443 e. The molecule has 5 N–H and O–H groups in total. The number of ether oxygens (including phenoxy) is 1. The van der Waals surface area contributed by atoms with Crippen LogP contribution in [-0.4, -0.2) is 60.2 Å². The minimum atomic E-state index is -1.10. The quantitative estimate of drug-likeness (QED) is 0.206. The van der Waals surface area contributed by atoms with Crippen molar-refractivity contribution < 1.29 is 23.5 Å². The number of benzene rings is 2. The van der Waals surface area contributed by atoms with E-state index in [0.717, 1.165) is 22.8 Å². The summed E-state index contributed by atoms with van der Waals surface area (Å²) in [7, 11) is 0. The number of pyridine rings is 1. The summed E-state index contributed by atoms with van der Waals surface area (Å²) in [5.74, 6) is -0.994. The van der Waals surface area contributed by atoms with Crippen LogP contribution in [-0.2, 0) is 16.1 Å². The predicted octanol–water partition coefficient (Wildman–Crippen LogP) is 4.69. The third-order valence-electron chi connectivity index (χ3n) is 8.48. The lowest BCUT2D eigenvalue weighted by atomic mass is 10.0. The van der Waals surface area contributed by atoms with Crippen LogP contribution in [0.1, 0.15) is 48.8 Å². The number of carbonyl (C=O) groups excluding carboxylic acids is 3. The second kappa shape index (κ2) is 14.0. The van der Waals surface area contributed by atoms with E-state index in [4.69, 9.17) is 32.9 Å². The molecule has 50 heavy (non-hydrogen) atoms. The number of nitrogens with one attached hydrogen (secondary N) is 1. The van der Waals surface area contributed by atoms with Crippen LogP contribution < -0.4 is 22.3 Å². The largest absolute Gasteiger partial charge is 0.443 e. The Bertz CT molecular complexity index is 2160. The summed E-state index contributed by atoms with van der Waals surface area (Å²) in [5.41, 5.74) is 12.7. The highest BCUT2D eigenvalue weighted by Crippen LogP contribution is 2.35. The number of piperidine rings is 1. The molecule has 3 aromatic heterocycles. The number of nitrogens with two attached hydrogens (primary N) is 2. The minimum absolute atomic E-state index is 0.00477. The van der Waals surface area contributed by atoms with Crippen molar-refractivity contribution in [3.63, 3.8) is 0 Å². The number of nitrogens with zero attached hydrogens (tertiary/aromatic N) is 6. The zero-order valence-electron chi connectivity index (χ0n) is 27.1. The molecule has 0 aliphatic carbocycles. The topological polar surface area (TPSA) is 193 Å². The first-order valence-electron chi connectivity index (χ1n) is 15.7. The fourth-order valence-corrected chi connectivity index (χ4v) is 6.23. The van der Waals surface area contributed by atoms with Crippen molar-refractivity contribution in [3.8, 4) is 16.9 Å². The lowest BCUT2D eigenvalue weighted by Gasteiger charge is -2.33. The molecule has 1 saturated heterocycles. The first-order chi connectivity index (χ1) is 23.9. The number of anilines is 2. The summed E-state index contributed by atoms with van der Waals surface area (Å²) >= 11 is 6.47. The van der Waals surface area contributed by atoms with Gasteiger partial charge in [-0.2, -0.15) is 5.10 Å². The predicted molar refractivity (Wildman–Crippen MR) is 184 cm³/mol. The van der Waals surface area contributed by atoms with Gasteiger partial charge in [-0.25, -0.2) is 23.8 Å². The van der Waals surface area contributed by atoms with Crippen LogP contribution in [0.5, 0.6) is 0 Å². The van der Waals surface area contributed by atoms with E-state index in [-0.39, 0.29) is 45.7 Å². The second-order valence-electron chi connectivity index (χ2n) is 12.1. The molecule has 4 heterocycles. The van der Waals surface area contributed by atoms with Gasteiger partial charge in [0.05, 0.1) is 22.1 Å². The number of halogens is 2. The summed E-state index contributed by atoms with van der Waals surface area (Å²) in [6.45, 7) is 4.53. The molecule has 0 radical (unpaired) electrons. The Kier molecular flexibility index (Phi) is 9.50. The van der Waals surface area contributed by atoms with Crippen molar-refractivity contribution in [2.45, 2.75) is 39.3 Å². The van der Waals surface area contributed by atoms with Crippen molar-refractivity contribution >= 4 is 52.0 Å². The number of primary amides is 1. The van der Waals surface area contributed by atoms with Gasteiger partial charge in [0.25, 0.3) is 11.5 Å². The Hall–Kier alpha value is -5.83. The van der Waals surface area contributed by atoms with Crippen LogP contribution in [0.3, 0.4) is 0 Å². The van der Waals surface area contributed by atoms with Crippen LogP contribution in [0.2, 0.25) is 5.02 Å². The molecular formula is C34H33ClFN9O5. The zero-order chi connectivity index (χ0) is 35.7. The number of amides is 3. The van der Waals surface area contributed by atoms with Crippen molar-refractivity contribution in [1.82, 2.24) is 29.2 Å². The van der Waals surface area contributed by atoms with Gasteiger partial charge in [-0.05, 0) is 55.3 Å². The van der Waals surface area contributed by atoms with Gasteiger partial charge in [0.15, 0.2) is 5.65 Å². The summed E-state index contributed by atoms with van der Waals surface area (Å²) in [6, 6.07) is 12.8. The Labute approximate surface area is 289 Å². The lowest BCUT2D eigenvalue weighted by molar-refractivity contribution is -0.135. The molecule has 1 aliphatic rings. The van der Waals surface area contributed by atoms with Crippen molar-refractivity contribution in [2.75, 3.05) is 24.1 Å². The fraction of sp³-hybridized carbons (Fsp3) is 0.265. The molecule has 2 aromatic carbocycles. The third-order valence-corrected chi connectivity index (χ3v) is 8.81. The first-order valence-corrected chi connectivity index (χ1v) is 16.1. The summed E-state index contributed by atoms with van der Waals surface area (Å²) < 4.78 is 21.4. The van der Waals surface area contributed by atoms with Gasteiger partial charge >= 0.3 is 6.09 Å². The number of hydrogen-bond acceptors (Lipinski definition) is 9.